The van der Waals surface area contributed by atoms with Crippen molar-refractivity contribution in [3.8, 4) is 0 Å². The Morgan fingerprint density at radius 1 is 1.37 bits per heavy atom. The van der Waals surface area contributed by atoms with Crippen LogP contribution in [0.3, 0.4) is 0 Å². The number of likely N-dealkylation sites (N-methyl/N-ethyl adjacent to an activating group) is 1. The molecule has 1 aromatic heterocycles. The van der Waals surface area contributed by atoms with E-state index < -0.39 is 0 Å². The first-order valence-electron chi connectivity index (χ1n) is 7.55. The monoisotopic (exact) mass is 264 g/mol. The number of aryl methyl sites for hydroxylation is 1. The summed E-state index contributed by atoms with van der Waals surface area (Å²) in [5.41, 5.74) is 7.91. The van der Waals surface area contributed by atoms with Gasteiger partial charge in [-0.2, -0.15) is 5.10 Å². The van der Waals surface area contributed by atoms with E-state index in [1.165, 1.54) is 37.7 Å². The van der Waals surface area contributed by atoms with Crippen molar-refractivity contribution in [2.75, 3.05) is 14.1 Å². The molecule has 0 spiro atoms. The van der Waals surface area contributed by atoms with Crippen LogP contribution in [-0.2, 0) is 6.54 Å². The Bertz CT molecular complexity index is 391. The maximum Gasteiger partial charge on any atom is 0.0538 e. The Morgan fingerprint density at radius 3 is 2.63 bits per heavy atom. The predicted octanol–water partition coefficient (Wildman–Crippen LogP) is 2.56. The van der Waals surface area contributed by atoms with Gasteiger partial charge in [-0.15, -0.1) is 0 Å². The van der Waals surface area contributed by atoms with Gasteiger partial charge in [0.05, 0.1) is 12.2 Å². The van der Waals surface area contributed by atoms with Gasteiger partial charge in [0.1, 0.15) is 0 Å². The summed E-state index contributed by atoms with van der Waals surface area (Å²) in [7, 11) is 4.34. The molecule has 0 aromatic carbocycles. The first kappa shape index (κ1) is 14.5. The first-order valence-corrected chi connectivity index (χ1v) is 7.55. The molecule has 108 valence electrons. The summed E-state index contributed by atoms with van der Waals surface area (Å²) in [6, 6.07) is 0.0633. The van der Waals surface area contributed by atoms with Crippen molar-refractivity contribution >= 4 is 0 Å². The molecule has 1 aliphatic carbocycles. The molecule has 0 saturated heterocycles. The van der Waals surface area contributed by atoms with Gasteiger partial charge in [0.25, 0.3) is 0 Å². The lowest BCUT2D eigenvalue weighted by atomic mass is 9.74. The van der Waals surface area contributed by atoms with Crippen LogP contribution in [0.2, 0.25) is 0 Å². The van der Waals surface area contributed by atoms with E-state index in [1.54, 1.807) is 0 Å². The van der Waals surface area contributed by atoms with E-state index in [2.05, 4.69) is 37.2 Å². The van der Waals surface area contributed by atoms with Crippen LogP contribution in [-0.4, -0.2) is 34.3 Å². The van der Waals surface area contributed by atoms with Crippen molar-refractivity contribution in [2.24, 2.45) is 5.73 Å². The van der Waals surface area contributed by atoms with Crippen molar-refractivity contribution in [1.82, 2.24) is 14.7 Å². The molecule has 1 saturated carbocycles. The van der Waals surface area contributed by atoms with Gasteiger partial charge in [0.2, 0.25) is 0 Å². The van der Waals surface area contributed by atoms with E-state index in [1.807, 2.05) is 10.9 Å². The Labute approximate surface area is 117 Å². The zero-order chi connectivity index (χ0) is 13.9. The summed E-state index contributed by atoms with van der Waals surface area (Å²) in [4.78, 5) is 2.34. The minimum absolute atomic E-state index is 0.0633. The fourth-order valence-electron chi connectivity index (χ4n) is 3.40. The number of hydrogen-bond donors (Lipinski definition) is 1. The minimum Gasteiger partial charge on any atom is -0.322 e. The van der Waals surface area contributed by atoms with Gasteiger partial charge in [0, 0.05) is 23.8 Å². The molecule has 19 heavy (non-hydrogen) atoms. The number of nitrogens with zero attached hydrogens (tertiary/aromatic N) is 3. The van der Waals surface area contributed by atoms with E-state index in [-0.39, 0.29) is 11.6 Å². The SMILES string of the molecule is CCCn1cc(C(N)C2(N(C)C)CCCCC2)cn1. The Kier molecular flexibility index (Phi) is 4.63. The highest BCUT2D eigenvalue weighted by Crippen LogP contribution is 2.40. The molecule has 4 nitrogen and oxygen atoms in total. The van der Waals surface area contributed by atoms with Crippen LogP contribution < -0.4 is 5.73 Å². The molecule has 1 heterocycles. The smallest absolute Gasteiger partial charge is 0.0538 e. The zero-order valence-electron chi connectivity index (χ0n) is 12.6. The van der Waals surface area contributed by atoms with Crippen molar-refractivity contribution < 1.29 is 0 Å². The molecule has 0 radical (unpaired) electrons. The summed E-state index contributed by atoms with van der Waals surface area (Å²) < 4.78 is 2.02. The molecule has 1 fully saturated rings. The second-order valence-electron chi connectivity index (χ2n) is 6.07. The average molecular weight is 264 g/mol. The van der Waals surface area contributed by atoms with Crippen LogP contribution in [0.5, 0.6) is 0 Å². The molecular formula is C15H28N4. The van der Waals surface area contributed by atoms with Crippen molar-refractivity contribution in [3.05, 3.63) is 18.0 Å². The minimum atomic E-state index is 0.0633. The maximum atomic E-state index is 6.62. The maximum absolute atomic E-state index is 6.62. The molecule has 1 atom stereocenters. The standard InChI is InChI=1S/C15H28N4/c1-4-10-19-12-13(11-17-19)14(16)15(18(2)3)8-6-5-7-9-15/h11-12,14H,4-10,16H2,1-3H3. The van der Waals surface area contributed by atoms with E-state index in [0.717, 1.165) is 13.0 Å². The highest BCUT2D eigenvalue weighted by molar-refractivity contribution is 5.18. The van der Waals surface area contributed by atoms with Crippen LogP contribution in [0.25, 0.3) is 0 Å². The summed E-state index contributed by atoms with van der Waals surface area (Å²) in [5.74, 6) is 0. The number of aromatic nitrogens is 2. The number of rotatable bonds is 5. The highest BCUT2D eigenvalue weighted by Gasteiger charge is 2.41. The van der Waals surface area contributed by atoms with Gasteiger partial charge in [-0.25, -0.2) is 0 Å². The molecule has 2 rings (SSSR count). The molecule has 1 aromatic rings. The number of nitrogens with two attached hydrogens (primary N) is 1. The first-order chi connectivity index (χ1) is 9.10. The summed E-state index contributed by atoms with van der Waals surface area (Å²) in [6.45, 7) is 3.14. The molecule has 0 bridgehead atoms. The summed E-state index contributed by atoms with van der Waals surface area (Å²) >= 11 is 0. The molecular weight excluding hydrogens is 236 g/mol. The molecule has 2 N–H and O–H groups in total. The Hall–Kier alpha value is -0.870. The topological polar surface area (TPSA) is 47.1 Å². The van der Waals surface area contributed by atoms with Crippen LogP contribution >= 0.6 is 0 Å². The molecule has 4 heteroatoms. The molecule has 1 aliphatic rings. The van der Waals surface area contributed by atoms with Crippen LogP contribution in [0.4, 0.5) is 0 Å². The van der Waals surface area contributed by atoms with Crippen LogP contribution in [0.1, 0.15) is 57.1 Å². The summed E-state index contributed by atoms with van der Waals surface area (Å²) in [6.07, 6.45) is 11.5. The van der Waals surface area contributed by atoms with E-state index >= 15 is 0 Å². The second-order valence-corrected chi connectivity index (χ2v) is 6.07. The summed E-state index contributed by atoms with van der Waals surface area (Å²) in [5, 5.41) is 4.43. The normalized spacial score (nSPS) is 20.7. The van der Waals surface area contributed by atoms with E-state index in [9.17, 15) is 0 Å². The van der Waals surface area contributed by atoms with Gasteiger partial charge >= 0.3 is 0 Å². The molecule has 1 unspecified atom stereocenters. The third-order valence-electron chi connectivity index (χ3n) is 4.65. The molecule has 0 aliphatic heterocycles. The van der Waals surface area contributed by atoms with Gasteiger partial charge in [-0.05, 0) is 33.4 Å². The predicted molar refractivity (Wildman–Crippen MR) is 78.9 cm³/mol. The lowest BCUT2D eigenvalue weighted by Crippen LogP contribution is -2.53. The fraction of sp³-hybridized carbons (Fsp3) is 0.800. The van der Waals surface area contributed by atoms with Crippen LogP contribution in [0.15, 0.2) is 12.4 Å². The molecule has 0 amide bonds. The van der Waals surface area contributed by atoms with Gasteiger partial charge in [-0.1, -0.05) is 26.2 Å². The van der Waals surface area contributed by atoms with Crippen molar-refractivity contribution in [3.63, 3.8) is 0 Å². The number of hydrogen-bond acceptors (Lipinski definition) is 3. The van der Waals surface area contributed by atoms with Gasteiger partial charge in [-0.3, -0.25) is 4.68 Å². The van der Waals surface area contributed by atoms with Crippen LogP contribution in [0, 0.1) is 0 Å². The Balaban J connectivity index is 2.20. The van der Waals surface area contributed by atoms with E-state index in [0.29, 0.717) is 0 Å². The van der Waals surface area contributed by atoms with Crippen molar-refractivity contribution in [1.29, 1.82) is 0 Å². The zero-order valence-corrected chi connectivity index (χ0v) is 12.6. The largest absolute Gasteiger partial charge is 0.322 e. The van der Waals surface area contributed by atoms with E-state index in [4.69, 9.17) is 5.73 Å². The lowest BCUT2D eigenvalue weighted by Gasteiger charge is -2.47. The quantitative estimate of drug-likeness (QED) is 0.889. The fourth-order valence-corrected chi connectivity index (χ4v) is 3.40. The second kappa shape index (κ2) is 6.06. The van der Waals surface area contributed by atoms with Gasteiger partial charge < -0.3 is 10.6 Å². The third kappa shape index (κ3) is 2.84. The Morgan fingerprint density at radius 2 is 2.05 bits per heavy atom. The lowest BCUT2D eigenvalue weighted by molar-refractivity contribution is 0.0713. The average Bonchev–Trinajstić information content (AvgIpc) is 2.87. The highest BCUT2D eigenvalue weighted by atomic mass is 15.3. The third-order valence-corrected chi connectivity index (χ3v) is 4.65. The van der Waals surface area contributed by atoms with Gasteiger partial charge in [0.15, 0.2) is 0 Å². The van der Waals surface area contributed by atoms with Crippen molar-refractivity contribution in [2.45, 2.75) is 63.6 Å².